The SMILES string of the molecule is C=C(C)C(=O)OCCN1CCOC1(C)CC(C)C. The summed E-state index contributed by atoms with van der Waals surface area (Å²) in [4.78, 5) is 13.5. The lowest BCUT2D eigenvalue weighted by molar-refractivity contribution is -0.141. The number of carbonyl (C=O) groups excluding carboxylic acids is 1. The maximum absolute atomic E-state index is 11.3. The van der Waals surface area contributed by atoms with E-state index in [4.69, 9.17) is 9.47 Å². The fourth-order valence-corrected chi connectivity index (χ4v) is 2.37. The zero-order chi connectivity index (χ0) is 13.8. The van der Waals surface area contributed by atoms with Gasteiger partial charge in [-0.25, -0.2) is 4.79 Å². The maximum Gasteiger partial charge on any atom is 0.333 e. The van der Waals surface area contributed by atoms with Gasteiger partial charge in [0.2, 0.25) is 0 Å². The van der Waals surface area contributed by atoms with Gasteiger partial charge >= 0.3 is 5.97 Å². The van der Waals surface area contributed by atoms with Gasteiger partial charge in [-0.15, -0.1) is 0 Å². The summed E-state index contributed by atoms with van der Waals surface area (Å²) in [7, 11) is 0. The Morgan fingerprint density at radius 2 is 2.22 bits per heavy atom. The molecule has 0 amide bonds. The van der Waals surface area contributed by atoms with E-state index in [1.807, 2.05) is 0 Å². The van der Waals surface area contributed by atoms with Crippen LogP contribution in [-0.4, -0.2) is 42.9 Å². The van der Waals surface area contributed by atoms with Crippen molar-refractivity contribution in [1.29, 1.82) is 0 Å². The van der Waals surface area contributed by atoms with Crippen LogP contribution in [-0.2, 0) is 14.3 Å². The van der Waals surface area contributed by atoms with Crippen molar-refractivity contribution >= 4 is 5.97 Å². The Hall–Kier alpha value is -0.870. The Morgan fingerprint density at radius 3 is 2.78 bits per heavy atom. The van der Waals surface area contributed by atoms with Crippen LogP contribution in [0.4, 0.5) is 0 Å². The molecule has 0 radical (unpaired) electrons. The summed E-state index contributed by atoms with van der Waals surface area (Å²) < 4.78 is 11.0. The molecular formula is C14H25NO3. The van der Waals surface area contributed by atoms with E-state index in [0.29, 0.717) is 24.6 Å². The zero-order valence-corrected chi connectivity index (χ0v) is 12.0. The summed E-state index contributed by atoms with van der Waals surface area (Å²) in [5.41, 5.74) is 0.224. The lowest BCUT2D eigenvalue weighted by atomic mass is 10.0. The second kappa shape index (κ2) is 6.34. The van der Waals surface area contributed by atoms with Gasteiger partial charge < -0.3 is 9.47 Å². The molecule has 0 saturated carbocycles. The molecular weight excluding hydrogens is 230 g/mol. The topological polar surface area (TPSA) is 38.8 Å². The molecule has 1 heterocycles. The number of hydrogen-bond acceptors (Lipinski definition) is 4. The molecule has 1 fully saturated rings. The molecule has 0 spiro atoms. The summed E-state index contributed by atoms with van der Waals surface area (Å²) in [5, 5.41) is 0. The highest BCUT2D eigenvalue weighted by molar-refractivity contribution is 5.86. The van der Waals surface area contributed by atoms with Crippen molar-refractivity contribution in [3.63, 3.8) is 0 Å². The summed E-state index contributed by atoms with van der Waals surface area (Å²) in [5.74, 6) is 0.259. The highest BCUT2D eigenvalue weighted by Gasteiger charge is 2.37. The van der Waals surface area contributed by atoms with E-state index in [-0.39, 0.29) is 11.7 Å². The molecule has 0 N–H and O–H groups in total. The van der Waals surface area contributed by atoms with Crippen molar-refractivity contribution in [2.75, 3.05) is 26.3 Å². The molecule has 0 aromatic heterocycles. The molecule has 0 aromatic rings. The van der Waals surface area contributed by atoms with E-state index in [1.165, 1.54) is 0 Å². The van der Waals surface area contributed by atoms with Crippen molar-refractivity contribution in [3.8, 4) is 0 Å². The molecule has 18 heavy (non-hydrogen) atoms. The Labute approximate surface area is 110 Å². The number of carbonyl (C=O) groups is 1. The molecule has 0 aliphatic carbocycles. The average Bonchev–Trinajstić information content (AvgIpc) is 2.58. The Kier molecular flexibility index (Phi) is 5.35. The standard InChI is InChI=1S/C14H25NO3/c1-11(2)10-14(5)15(7-9-18-14)6-8-17-13(16)12(3)4/h11H,3,6-10H2,1-2,4-5H3. The van der Waals surface area contributed by atoms with Crippen LogP contribution in [0.15, 0.2) is 12.2 Å². The predicted octanol–water partition coefficient (Wildman–Crippen LogP) is 2.20. The van der Waals surface area contributed by atoms with Gasteiger partial charge in [-0.3, -0.25) is 4.90 Å². The molecule has 1 atom stereocenters. The zero-order valence-electron chi connectivity index (χ0n) is 12.0. The third kappa shape index (κ3) is 4.10. The third-order valence-corrected chi connectivity index (χ3v) is 3.17. The number of esters is 1. The van der Waals surface area contributed by atoms with Gasteiger partial charge in [0.25, 0.3) is 0 Å². The number of hydrogen-bond donors (Lipinski definition) is 0. The summed E-state index contributed by atoms with van der Waals surface area (Å²) in [6.07, 6.45) is 0.988. The second-order valence-corrected chi connectivity index (χ2v) is 5.52. The van der Waals surface area contributed by atoms with Crippen LogP contribution in [0.5, 0.6) is 0 Å². The van der Waals surface area contributed by atoms with E-state index in [0.717, 1.165) is 19.6 Å². The van der Waals surface area contributed by atoms with Crippen molar-refractivity contribution in [1.82, 2.24) is 4.90 Å². The van der Waals surface area contributed by atoms with Crippen molar-refractivity contribution in [2.45, 2.75) is 39.8 Å². The van der Waals surface area contributed by atoms with E-state index in [1.54, 1.807) is 6.92 Å². The van der Waals surface area contributed by atoms with Gasteiger partial charge in [-0.2, -0.15) is 0 Å². The molecule has 1 aliphatic heterocycles. The summed E-state index contributed by atoms with van der Waals surface area (Å²) in [6, 6.07) is 0. The maximum atomic E-state index is 11.3. The van der Waals surface area contributed by atoms with Gasteiger partial charge in [0.1, 0.15) is 12.3 Å². The van der Waals surface area contributed by atoms with Crippen molar-refractivity contribution < 1.29 is 14.3 Å². The molecule has 1 unspecified atom stereocenters. The highest BCUT2D eigenvalue weighted by atomic mass is 16.5. The van der Waals surface area contributed by atoms with Crippen LogP contribution < -0.4 is 0 Å². The molecule has 1 saturated heterocycles. The second-order valence-electron chi connectivity index (χ2n) is 5.52. The van der Waals surface area contributed by atoms with Gasteiger partial charge in [0.05, 0.1) is 6.61 Å². The first-order valence-corrected chi connectivity index (χ1v) is 6.57. The van der Waals surface area contributed by atoms with Crippen LogP contribution >= 0.6 is 0 Å². The third-order valence-electron chi connectivity index (χ3n) is 3.17. The minimum atomic E-state index is -0.319. The van der Waals surface area contributed by atoms with Crippen LogP contribution in [0.2, 0.25) is 0 Å². The minimum absolute atomic E-state index is 0.218. The fourth-order valence-electron chi connectivity index (χ4n) is 2.37. The Bertz CT molecular complexity index is 314. The van der Waals surface area contributed by atoms with Crippen LogP contribution in [0.25, 0.3) is 0 Å². The first-order chi connectivity index (χ1) is 8.35. The van der Waals surface area contributed by atoms with Gasteiger partial charge in [-0.05, 0) is 26.2 Å². The molecule has 0 aromatic carbocycles. The molecule has 4 heteroatoms. The first kappa shape index (κ1) is 15.2. The van der Waals surface area contributed by atoms with Crippen LogP contribution in [0.3, 0.4) is 0 Å². The quantitative estimate of drug-likeness (QED) is 0.539. The average molecular weight is 255 g/mol. The smallest absolute Gasteiger partial charge is 0.333 e. The lowest BCUT2D eigenvalue weighted by Gasteiger charge is -2.35. The first-order valence-electron chi connectivity index (χ1n) is 6.57. The molecule has 104 valence electrons. The number of nitrogens with zero attached hydrogens (tertiary/aromatic N) is 1. The van der Waals surface area contributed by atoms with E-state index >= 15 is 0 Å². The number of ether oxygens (including phenoxy) is 2. The van der Waals surface area contributed by atoms with Crippen molar-refractivity contribution in [3.05, 3.63) is 12.2 Å². The fraction of sp³-hybridized carbons (Fsp3) is 0.786. The van der Waals surface area contributed by atoms with Gasteiger partial charge in [0, 0.05) is 18.7 Å². The van der Waals surface area contributed by atoms with Crippen LogP contribution in [0, 0.1) is 5.92 Å². The van der Waals surface area contributed by atoms with Crippen molar-refractivity contribution in [2.24, 2.45) is 5.92 Å². The minimum Gasteiger partial charge on any atom is -0.461 e. The largest absolute Gasteiger partial charge is 0.461 e. The summed E-state index contributed by atoms with van der Waals surface area (Å²) in [6.45, 7) is 14.4. The van der Waals surface area contributed by atoms with Gasteiger partial charge in [0.15, 0.2) is 0 Å². The Morgan fingerprint density at radius 1 is 1.56 bits per heavy atom. The molecule has 0 bridgehead atoms. The van der Waals surface area contributed by atoms with E-state index in [2.05, 4.69) is 32.3 Å². The normalized spacial score (nSPS) is 24.5. The van der Waals surface area contributed by atoms with Crippen LogP contribution in [0.1, 0.15) is 34.1 Å². The molecule has 4 nitrogen and oxygen atoms in total. The van der Waals surface area contributed by atoms with E-state index in [9.17, 15) is 4.79 Å². The highest BCUT2D eigenvalue weighted by Crippen LogP contribution is 2.29. The molecule has 1 rings (SSSR count). The van der Waals surface area contributed by atoms with Gasteiger partial charge in [-0.1, -0.05) is 20.4 Å². The number of rotatable bonds is 6. The van der Waals surface area contributed by atoms with E-state index < -0.39 is 0 Å². The lowest BCUT2D eigenvalue weighted by Crippen LogP contribution is -2.45. The predicted molar refractivity (Wildman–Crippen MR) is 71.2 cm³/mol. The molecule has 1 aliphatic rings. The monoisotopic (exact) mass is 255 g/mol. The Balaban J connectivity index is 2.41. The summed E-state index contributed by atoms with van der Waals surface area (Å²) >= 11 is 0.